The summed E-state index contributed by atoms with van der Waals surface area (Å²) in [5.41, 5.74) is 5.65. The van der Waals surface area contributed by atoms with Crippen LogP contribution >= 0.6 is 0 Å². The molecule has 3 aromatic carbocycles. The van der Waals surface area contributed by atoms with Crippen LogP contribution in [0.5, 0.6) is 11.5 Å². The second kappa shape index (κ2) is 10.7. The topological polar surface area (TPSA) is 103 Å². The van der Waals surface area contributed by atoms with E-state index in [9.17, 15) is 14.9 Å². The first-order valence-electron chi connectivity index (χ1n) is 9.99. The molecule has 8 heteroatoms. The molecule has 0 radical (unpaired) electrons. The van der Waals surface area contributed by atoms with Crippen molar-refractivity contribution in [1.29, 1.82) is 0 Å². The van der Waals surface area contributed by atoms with Gasteiger partial charge in [0.25, 0.3) is 11.6 Å². The molecule has 0 spiro atoms. The third kappa shape index (κ3) is 6.15. The van der Waals surface area contributed by atoms with Crippen molar-refractivity contribution in [3.05, 3.63) is 99.1 Å². The van der Waals surface area contributed by atoms with Gasteiger partial charge >= 0.3 is 0 Å². The van der Waals surface area contributed by atoms with Crippen molar-refractivity contribution < 1.29 is 19.2 Å². The highest BCUT2D eigenvalue weighted by Gasteiger charge is 2.09. The Hall–Kier alpha value is -4.20. The van der Waals surface area contributed by atoms with Crippen molar-refractivity contribution >= 4 is 17.8 Å². The molecule has 8 nitrogen and oxygen atoms in total. The maximum atomic E-state index is 12.1. The van der Waals surface area contributed by atoms with Crippen LogP contribution in [0.3, 0.4) is 0 Å². The maximum Gasteiger partial charge on any atom is 0.271 e. The van der Waals surface area contributed by atoms with E-state index in [1.165, 1.54) is 18.3 Å². The molecule has 0 aliphatic carbocycles. The van der Waals surface area contributed by atoms with Crippen LogP contribution in [-0.2, 0) is 6.61 Å². The Morgan fingerprint density at radius 2 is 1.75 bits per heavy atom. The predicted octanol–water partition coefficient (Wildman–Crippen LogP) is 4.64. The molecular weight excluding hydrogens is 410 g/mol. The van der Waals surface area contributed by atoms with Gasteiger partial charge in [-0.2, -0.15) is 5.10 Å². The molecule has 0 fully saturated rings. The van der Waals surface area contributed by atoms with E-state index in [0.29, 0.717) is 23.7 Å². The number of nitrogens with one attached hydrogen (secondary N) is 1. The Kier molecular flexibility index (Phi) is 7.53. The Bertz CT molecular complexity index is 1110. The van der Waals surface area contributed by atoms with Crippen molar-refractivity contribution in [1.82, 2.24) is 5.43 Å². The highest BCUT2D eigenvalue weighted by molar-refractivity contribution is 5.94. The summed E-state index contributed by atoms with van der Waals surface area (Å²) in [6.45, 7) is 4.49. The number of non-ortho nitro benzene ring substituents is 1. The minimum atomic E-state index is -0.443. The van der Waals surface area contributed by atoms with Gasteiger partial charge in [0.2, 0.25) is 0 Å². The lowest BCUT2D eigenvalue weighted by Gasteiger charge is -2.12. The molecule has 0 unspecified atom stereocenters. The van der Waals surface area contributed by atoms with Crippen molar-refractivity contribution in [2.45, 2.75) is 20.5 Å². The van der Waals surface area contributed by atoms with E-state index in [0.717, 1.165) is 16.7 Å². The lowest BCUT2D eigenvalue weighted by atomic mass is 10.1. The first kappa shape index (κ1) is 22.5. The Morgan fingerprint density at radius 3 is 2.41 bits per heavy atom. The molecule has 0 heterocycles. The molecule has 3 aromatic rings. The molecule has 164 valence electrons. The molecule has 0 aliphatic heterocycles. The van der Waals surface area contributed by atoms with Gasteiger partial charge in [-0.05, 0) is 67.4 Å². The number of benzene rings is 3. The van der Waals surface area contributed by atoms with Crippen LogP contribution in [0.4, 0.5) is 5.69 Å². The first-order chi connectivity index (χ1) is 15.5. The van der Waals surface area contributed by atoms with Gasteiger partial charge in [0.15, 0.2) is 11.5 Å². The third-order valence-corrected chi connectivity index (χ3v) is 4.50. The molecular formula is C24H23N3O5. The zero-order valence-corrected chi connectivity index (χ0v) is 17.8. The van der Waals surface area contributed by atoms with Crippen LogP contribution in [0.1, 0.15) is 34.0 Å². The van der Waals surface area contributed by atoms with Gasteiger partial charge in [0.05, 0.1) is 17.7 Å². The number of hydrogen-bond acceptors (Lipinski definition) is 6. The highest BCUT2D eigenvalue weighted by atomic mass is 16.6. The van der Waals surface area contributed by atoms with E-state index in [-0.39, 0.29) is 18.2 Å². The van der Waals surface area contributed by atoms with Gasteiger partial charge < -0.3 is 9.47 Å². The number of hydrogen-bond donors (Lipinski definition) is 1. The van der Waals surface area contributed by atoms with Gasteiger partial charge in [-0.25, -0.2) is 5.43 Å². The first-order valence-corrected chi connectivity index (χ1v) is 9.99. The number of ether oxygens (including phenoxy) is 2. The summed E-state index contributed by atoms with van der Waals surface area (Å²) >= 11 is 0. The number of nitrogens with zero attached hydrogens (tertiary/aromatic N) is 2. The second-order valence-corrected chi connectivity index (χ2v) is 6.92. The third-order valence-electron chi connectivity index (χ3n) is 4.50. The van der Waals surface area contributed by atoms with E-state index in [1.54, 1.807) is 42.5 Å². The van der Waals surface area contributed by atoms with Crippen LogP contribution in [-0.4, -0.2) is 23.7 Å². The number of rotatable bonds is 9. The molecule has 0 atom stereocenters. The number of nitro groups is 1. The SMILES string of the molecule is CCOc1cc(/C=N\NC(=O)c2ccc(C)cc2)ccc1OCc1ccc([N+](=O)[O-])cc1. The lowest BCUT2D eigenvalue weighted by molar-refractivity contribution is -0.384. The summed E-state index contributed by atoms with van der Waals surface area (Å²) in [5.74, 6) is 0.767. The van der Waals surface area contributed by atoms with Crippen LogP contribution in [0.15, 0.2) is 71.8 Å². The highest BCUT2D eigenvalue weighted by Crippen LogP contribution is 2.29. The van der Waals surface area contributed by atoms with E-state index in [1.807, 2.05) is 26.0 Å². The number of nitro benzene ring substituents is 1. The zero-order valence-electron chi connectivity index (χ0n) is 17.8. The van der Waals surface area contributed by atoms with E-state index < -0.39 is 4.92 Å². The summed E-state index contributed by atoms with van der Waals surface area (Å²) in [7, 11) is 0. The average molecular weight is 433 g/mol. The average Bonchev–Trinajstić information content (AvgIpc) is 2.79. The largest absolute Gasteiger partial charge is 0.490 e. The summed E-state index contributed by atoms with van der Waals surface area (Å²) in [6.07, 6.45) is 1.52. The molecule has 3 rings (SSSR count). The van der Waals surface area contributed by atoms with Crippen LogP contribution in [0, 0.1) is 17.0 Å². The van der Waals surface area contributed by atoms with E-state index in [4.69, 9.17) is 9.47 Å². The maximum absolute atomic E-state index is 12.1. The smallest absolute Gasteiger partial charge is 0.271 e. The predicted molar refractivity (Wildman–Crippen MR) is 121 cm³/mol. The van der Waals surface area contributed by atoms with E-state index in [2.05, 4.69) is 10.5 Å². The van der Waals surface area contributed by atoms with Crippen molar-refractivity contribution in [2.75, 3.05) is 6.61 Å². The van der Waals surface area contributed by atoms with Gasteiger partial charge in [0, 0.05) is 17.7 Å². The number of amides is 1. The molecule has 0 aromatic heterocycles. The lowest BCUT2D eigenvalue weighted by Crippen LogP contribution is -2.17. The fourth-order valence-corrected chi connectivity index (χ4v) is 2.80. The monoisotopic (exact) mass is 433 g/mol. The van der Waals surface area contributed by atoms with Crippen molar-refractivity contribution in [2.24, 2.45) is 5.10 Å². The molecule has 0 bridgehead atoms. The standard InChI is InChI=1S/C24H23N3O5/c1-3-31-23-14-19(15-25-26-24(28)20-9-4-17(2)5-10-20)8-13-22(23)32-16-18-6-11-21(12-7-18)27(29)30/h4-15H,3,16H2,1-2H3,(H,26,28)/b25-15-. The molecule has 0 saturated carbocycles. The van der Waals surface area contributed by atoms with Crippen molar-refractivity contribution in [3.63, 3.8) is 0 Å². The molecule has 32 heavy (non-hydrogen) atoms. The summed E-state index contributed by atoms with van der Waals surface area (Å²) < 4.78 is 11.5. The zero-order chi connectivity index (χ0) is 22.9. The van der Waals surface area contributed by atoms with Gasteiger partial charge in [-0.1, -0.05) is 17.7 Å². The summed E-state index contributed by atoms with van der Waals surface area (Å²) in [6, 6.07) is 18.7. The number of carbonyl (C=O) groups excluding carboxylic acids is 1. The van der Waals surface area contributed by atoms with Crippen LogP contribution in [0.2, 0.25) is 0 Å². The van der Waals surface area contributed by atoms with Gasteiger partial charge in [-0.15, -0.1) is 0 Å². The number of carbonyl (C=O) groups is 1. The summed E-state index contributed by atoms with van der Waals surface area (Å²) in [4.78, 5) is 22.5. The fraction of sp³-hybridized carbons (Fsp3) is 0.167. The molecule has 1 amide bonds. The molecule has 1 N–H and O–H groups in total. The Balaban J connectivity index is 1.64. The normalized spacial score (nSPS) is 10.7. The quantitative estimate of drug-likeness (QED) is 0.301. The minimum Gasteiger partial charge on any atom is -0.490 e. The van der Waals surface area contributed by atoms with Gasteiger partial charge in [0.1, 0.15) is 6.61 Å². The second-order valence-electron chi connectivity index (χ2n) is 6.92. The molecule has 0 aliphatic rings. The Morgan fingerprint density at radius 1 is 1.03 bits per heavy atom. The number of hydrazone groups is 1. The molecule has 0 saturated heterocycles. The van der Waals surface area contributed by atoms with Gasteiger partial charge in [-0.3, -0.25) is 14.9 Å². The van der Waals surface area contributed by atoms with Crippen molar-refractivity contribution in [3.8, 4) is 11.5 Å². The van der Waals surface area contributed by atoms with Crippen LogP contribution < -0.4 is 14.9 Å². The number of aryl methyl sites for hydroxylation is 1. The minimum absolute atomic E-state index is 0.0295. The van der Waals surface area contributed by atoms with Crippen LogP contribution in [0.25, 0.3) is 0 Å². The fourth-order valence-electron chi connectivity index (χ4n) is 2.80. The summed E-state index contributed by atoms with van der Waals surface area (Å²) in [5, 5.41) is 14.8. The van der Waals surface area contributed by atoms with E-state index >= 15 is 0 Å². The Labute approximate surface area is 185 Å².